The number of oxazole rings is 1. The molecule has 3 atom stereocenters. The Kier molecular flexibility index (Phi) is 3.57. The monoisotopic (exact) mass is 276 g/mol. The molecule has 1 aromatic rings. The number of hydrogen-bond donors (Lipinski definition) is 0. The number of hydrogen-bond acceptors (Lipinski definition) is 3. The van der Waals surface area contributed by atoms with Gasteiger partial charge in [-0.2, -0.15) is 0 Å². The van der Waals surface area contributed by atoms with E-state index < -0.39 is 0 Å². The number of likely N-dealkylation sites (tertiary alicyclic amines) is 1. The first-order valence-corrected chi connectivity index (χ1v) is 7.83. The van der Waals surface area contributed by atoms with Crippen LogP contribution in [0.15, 0.2) is 4.42 Å². The van der Waals surface area contributed by atoms with Crippen molar-refractivity contribution < 1.29 is 9.21 Å². The number of aryl methyl sites for hydroxylation is 2. The van der Waals surface area contributed by atoms with Crippen LogP contribution in [0.1, 0.15) is 61.2 Å². The fourth-order valence-corrected chi connectivity index (χ4v) is 4.15. The average Bonchev–Trinajstić information content (AvgIpc) is 2.77. The molecule has 1 aromatic heterocycles. The Morgan fingerprint density at radius 1 is 1.25 bits per heavy atom. The van der Waals surface area contributed by atoms with Crippen LogP contribution >= 0.6 is 0 Å². The normalized spacial score (nSPS) is 30.1. The Morgan fingerprint density at radius 2 is 2.00 bits per heavy atom. The molecular formula is C16H24N2O2. The maximum absolute atomic E-state index is 12.8. The molecule has 2 aliphatic rings. The second-order valence-corrected chi connectivity index (χ2v) is 6.45. The third kappa shape index (κ3) is 2.25. The molecule has 20 heavy (non-hydrogen) atoms. The van der Waals surface area contributed by atoms with Crippen LogP contribution in [-0.2, 0) is 0 Å². The molecule has 1 saturated heterocycles. The highest BCUT2D eigenvalue weighted by Crippen LogP contribution is 2.39. The van der Waals surface area contributed by atoms with Crippen molar-refractivity contribution >= 4 is 5.91 Å². The molecule has 0 N–H and O–H groups in total. The van der Waals surface area contributed by atoms with Gasteiger partial charge in [-0.15, -0.1) is 0 Å². The van der Waals surface area contributed by atoms with Gasteiger partial charge in [-0.25, -0.2) is 4.98 Å². The van der Waals surface area contributed by atoms with E-state index in [0.29, 0.717) is 29.5 Å². The summed E-state index contributed by atoms with van der Waals surface area (Å²) in [5.74, 6) is 2.35. The van der Waals surface area contributed by atoms with Gasteiger partial charge >= 0.3 is 0 Å². The average molecular weight is 276 g/mol. The molecule has 4 heteroatoms. The Labute approximate surface area is 120 Å². The highest BCUT2D eigenvalue weighted by molar-refractivity contribution is 5.92. The Bertz CT molecular complexity index is 507. The lowest BCUT2D eigenvalue weighted by atomic mass is 9.73. The van der Waals surface area contributed by atoms with Crippen molar-refractivity contribution in [1.29, 1.82) is 0 Å². The summed E-state index contributed by atoms with van der Waals surface area (Å²) >= 11 is 0. The minimum absolute atomic E-state index is 0.0477. The quantitative estimate of drug-likeness (QED) is 0.790. The molecule has 2 heterocycles. The van der Waals surface area contributed by atoms with Gasteiger partial charge in [-0.1, -0.05) is 13.3 Å². The summed E-state index contributed by atoms with van der Waals surface area (Å²) in [7, 11) is 0. The second-order valence-electron chi connectivity index (χ2n) is 6.45. The van der Waals surface area contributed by atoms with E-state index in [2.05, 4.69) is 16.8 Å². The van der Waals surface area contributed by atoms with E-state index in [0.717, 1.165) is 18.7 Å². The van der Waals surface area contributed by atoms with Gasteiger partial charge in [0.15, 0.2) is 5.89 Å². The summed E-state index contributed by atoms with van der Waals surface area (Å²) in [6.45, 7) is 6.81. The number of amides is 1. The summed E-state index contributed by atoms with van der Waals surface area (Å²) in [4.78, 5) is 19.1. The molecule has 2 fully saturated rings. The van der Waals surface area contributed by atoms with E-state index in [-0.39, 0.29) is 5.91 Å². The summed E-state index contributed by atoms with van der Waals surface area (Å²) in [6.07, 6.45) is 6.20. The molecule has 1 saturated carbocycles. The fourth-order valence-electron chi connectivity index (χ4n) is 4.15. The summed E-state index contributed by atoms with van der Waals surface area (Å²) < 4.78 is 5.54. The highest BCUT2D eigenvalue weighted by atomic mass is 16.4. The van der Waals surface area contributed by atoms with E-state index in [1.807, 2.05) is 6.92 Å². The van der Waals surface area contributed by atoms with Crippen molar-refractivity contribution in [3.05, 3.63) is 17.3 Å². The predicted molar refractivity (Wildman–Crippen MR) is 76.5 cm³/mol. The lowest BCUT2D eigenvalue weighted by molar-refractivity contribution is 0.0186. The zero-order valence-electron chi connectivity index (χ0n) is 12.7. The van der Waals surface area contributed by atoms with E-state index >= 15 is 0 Å². The predicted octanol–water partition coefficient (Wildman–Crippen LogP) is 3.33. The molecular weight excluding hydrogens is 252 g/mol. The van der Waals surface area contributed by atoms with Crippen LogP contribution in [0.25, 0.3) is 0 Å². The molecule has 110 valence electrons. The van der Waals surface area contributed by atoms with Gasteiger partial charge in [-0.05, 0) is 44.4 Å². The standard InChI is InChI=1S/C16H24N2O2/c1-10-6-4-7-13-8-5-9-18(14(10)13)16(19)15-11(2)17-12(3)20-15/h10,13-14H,4-9H2,1-3H3/t10-,13-,14+/m0/s1. The number of carbonyl (C=O) groups is 1. The molecule has 0 unspecified atom stereocenters. The van der Waals surface area contributed by atoms with Crippen LogP contribution in [0.3, 0.4) is 0 Å². The smallest absolute Gasteiger partial charge is 0.291 e. The van der Waals surface area contributed by atoms with Crippen LogP contribution in [-0.4, -0.2) is 28.4 Å². The van der Waals surface area contributed by atoms with E-state index in [1.54, 1.807) is 6.92 Å². The fraction of sp³-hybridized carbons (Fsp3) is 0.750. The van der Waals surface area contributed by atoms with Crippen LogP contribution in [0, 0.1) is 25.7 Å². The molecule has 0 radical (unpaired) electrons. The molecule has 1 amide bonds. The van der Waals surface area contributed by atoms with E-state index in [9.17, 15) is 4.79 Å². The zero-order valence-corrected chi connectivity index (χ0v) is 12.7. The minimum atomic E-state index is 0.0477. The number of fused-ring (bicyclic) bond motifs is 1. The van der Waals surface area contributed by atoms with Gasteiger partial charge in [0.2, 0.25) is 5.76 Å². The topological polar surface area (TPSA) is 46.3 Å². The molecule has 0 spiro atoms. The molecule has 0 bridgehead atoms. The maximum Gasteiger partial charge on any atom is 0.291 e. The van der Waals surface area contributed by atoms with Crippen molar-refractivity contribution in [2.45, 2.75) is 58.9 Å². The lowest BCUT2D eigenvalue weighted by Gasteiger charge is -2.47. The zero-order chi connectivity index (χ0) is 14.3. The van der Waals surface area contributed by atoms with Crippen molar-refractivity contribution in [3.8, 4) is 0 Å². The van der Waals surface area contributed by atoms with Crippen LogP contribution in [0.5, 0.6) is 0 Å². The summed E-state index contributed by atoms with van der Waals surface area (Å²) in [5, 5.41) is 0. The minimum Gasteiger partial charge on any atom is -0.436 e. The molecule has 1 aliphatic heterocycles. The van der Waals surface area contributed by atoms with Crippen LogP contribution < -0.4 is 0 Å². The number of piperidine rings is 1. The van der Waals surface area contributed by atoms with Crippen LogP contribution in [0.4, 0.5) is 0 Å². The Hall–Kier alpha value is -1.32. The highest BCUT2D eigenvalue weighted by Gasteiger charge is 2.41. The maximum atomic E-state index is 12.8. The van der Waals surface area contributed by atoms with E-state index in [4.69, 9.17) is 4.42 Å². The number of carbonyl (C=O) groups excluding carboxylic acids is 1. The SMILES string of the molecule is Cc1nc(C)c(C(=O)N2CCC[C@@H]3CCC[C@H](C)[C@H]32)o1. The number of nitrogens with zero attached hydrogens (tertiary/aromatic N) is 2. The first-order valence-electron chi connectivity index (χ1n) is 7.83. The largest absolute Gasteiger partial charge is 0.436 e. The van der Waals surface area contributed by atoms with Crippen molar-refractivity contribution in [2.24, 2.45) is 11.8 Å². The lowest BCUT2D eigenvalue weighted by Crippen LogP contribution is -2.53. The third-order valence-electron chi connectivity index (χ3n) is 4.99. The molecule has 0 aromatic carbocycles. The van der Waals surface area contributed by atoms with Crippen molar-refractivity contribution in [1.82, 2.24) is 9.88 Å². The Morgan fingerprint density at radius 3 is 2.70 bits per heavy atom. The molecule has 1 aliphatic carbocycles. The van der Waals surface area contributed by atoms with Crippen LogP contribution in [0.2, 0.25) is 0 Å². The van der Waals surface area contributed by atoms with Gasteiger partial charge < -0.3 is 9.32 Å². The van der Waals surface area contributed by atoms with Crippen molar-refractivity contribution in [2.75, 3.05) is 6.54 Å². The first-order chi connectivity index (χ1) is 9.58. The Balaban J connectivity index is 1.87. The molecule has 4 nitrogen and oxygen atoms in total. The van der Waals surface area contributed by atoms with Gasteiger partial charge in [0, 0.05) is 19.5 Å². The van der Waals surface area contributed by atoms with Gasteiger partial charge in [-0.3, -0.25) is 4.79 Å². The third-order valence-corrected chi connectivity index (χ3v) is 4.99. The van der Waals surface area contributed by atoms with Gasteiger partial charge in [0.25, 0.3) is 5.91 Å². The summed E-state index contributed by atoms with van der Waals surface area (Å²) in [5.41, 5.74) is 0.720. The van der Waals surface area contributed by atoms with Gasteiger partial charge in [0.1, 0.15) is 0 Å². The first kappa shape index (κ1) is 13.7. The van der Waals surface area contributed by atoms with Crippen molar-refractivity contribution in [3.63, 3.8) is 0 Å². The second kappa shape index (κ2) is 5.23. The summed E-state index contributed by atoms with van der Waals surface area (Å²) in [6, 6.07) is 0.398. The molecule has 3 rings (SSSR count). The number of rotatable bonds is 1. The van der Waals surface area contributed by atoms with E-state index in [1.165, 1.54) is 25.7 Å². The number of aromatic nitrogens is 1. The van der Waals surface area contributed by atoms with Gasteiger partial charge in [0.05, 0.1) is 5.69 Å².